The monoisotopic (exact) mass is 268 g/mol. The van der Waals surface area contributed by atoms with Crippen LogP contribution >= 0.6 is 11.6 Å². The molecule has 3 atom stereocenters. The van der Waals surface area contributed by atoms with Gasteiger partial charge in [-0.2, -0.15) is 0 Å². The van der Waals surface area contributed by atoms with Crippen LogP contribution in [-0.2, 0) is 4.74 Å². The minimum absolute atomic E-state index is 0.0188. The van der Waals surface area contributed by atoms with Crippen molar-refractivity contribution in [2.45, 2.75) is 37.5 Å². The lowest BCUT2D eigenvalue weighted by atomic mass is 9.95. The molecule has 18 heavy (non-hydrogen) atoms. The van der Waals surface area contributed by atoms with E-state index in [1.54, 1.807) is 12.1 Å². The third-order valence-corrected chi connectivity index (χ3v) is 3.84. The zero-order valence-electron chi connectivity index (χ0n) is 9.64. The van der Waals surface area contributed by atoms with Gasteiger partial charge < -0.3 is 10.1 Å². The van der Waals surface area contributed by atoms with Gasteiger partial charge in [0.2, 0.25) is 0 Å². The Bertz CT molecular complexity index is 494. The molecule has 0 saturated carbocycles. The molecule has 0 aliphatic carbocycles. The number of anilines is 1. The molecule has 1 N–H and O–H groups in total. The van der Waals surface area contributed by atoms with Crippen molar-refractivity contribution in [2.75, 3.05) is 5.32 Å². The van der Waals surface area contributed by atoms with E-state index >= 15 is 0 Å². The van der Waals surface area contributed by atoms with Crippen molar-refractivity contribution in [3.63, 3.8) is 0 Å². The fourth-order valence-corrected chi connectivity index (χ4v) is 2.93. The molecule has 0 amide bonds. The van der Waals surface area contributed by atoms with Gasteiger partial charge in [-0.05, 0) is 31.4 Å². The summed E-state index contributed by atoms with van der Waals surface area (Å²) in [6, 6.07) is 4.86. The number of hydrogen-bond acceptors (Lipinski definition) is 4. The molecule has 6 heteroatoms. The second-order valence-corrected chi connectivity index (χ2v) is 5.22. The van der Waals surface area contributed by atoms with Crippen molar-refractivity contribution in [3.05, 3.63) is 33.3 Å². The van der Waals surface area contributed by atoms with Gasteiger partial charge in [-0.25, -0.2) is 0 Å². The van der Waals surface area contributed by atoms with Crippen molar-refractivity contribution >= 4 is 23.0 Å². The number of nitro groups is 1. The summed E-state index contributed by atoms with van der Waals surface area (Å²) in [5.41, 5.74) is 0.538. The summed E-state index contributed by atoms with van der Waals surface area (Å²) < 4.78 is 5.72. The van der Waals surface area contributed by atoms with Crippen molar-refractivity contribution in [1.82, 2.24) is 0 Å². The molecule has 1 aromatic rings. The minimum atomic E-state index is -0.414. The predicted molar refractivity (Wildman–Crippen MR) is 68.0 cm³/mol. The van der Waals surface area contributed by atoms with Gasteiger partial charge in [-0.1, -0.05) is 11.6 Å². The summed E-state index contributed by atoms with van der Waals surface area (Å²) in [7, 11) is 0. The van der Waals surface area contributed by atoms with Crippen LogP contribution in [0.3, 0.4) is 0 Å². The first-order valence-corrected chi connectivity index (χ1v) is 6.37. The highest BCUT2D eigenvalue weighted by molar-refractivity contribution is 6.30. The van der Waals surface area contributed by atoms with E-state index in [1.165, 1.54) is 6.07 Å². The van der Waals surface area contributed by atoms with Crippen LogP contribution in [0.1, 0.15) is 19.3 Å². The number of ether oxygens (including phenoxy) is 1. The van der Waals surface area contributed by atoms with Crippen molar-refractivity contribution in [3.8, 4) is 0 Å². The number of rotatable bonds is 3. The lowest BCUT2D eigenvalue weighted by Gasteiger charge is -2.21. The predicted octanol–water partition coefficient (Wildman–Crippen LogP) is 2.98. The Morgan fingerprint density at radius 2 is 2.28 bits per heavy atom. The third-order valence-electron chi connectivity index (χ3n) is 3.60. The molecule has 96 valence electrons. The van der Waals surface area contributed by atoms with E-state index in [1.807, 2.05) is 0 Å². The van der Waals surface area contributed by atoms with E-state index in [4.69, 9.17) is 16.3 Å². The number of benzene rings is 1. The van der Waals surface area contributed by atoms with Gasteiger partial charge in [-0.15, -0.1) is 0 Å². The summed E-state index contributed by atoms with van der Waals surface area (Å²) in [5.74, 6) is 0. The molecular weight excluding hydrogens is 256 g/mol. The number of fused-ring (bicyclic) bond motifs is 2. The van der Waals surface area contributed by atoms with E-state index in [2.05, 4.69) is 5.32 Å². The average molecular weight is 269 g/mol. The number of hydrogen-bond donors (Lipinski definition) is 1. The molecule has 2 bridgehead atoms. The van der Waals surface area contributed by atoms with Gasteiger partial charge in [0, 0.05) is 11.1 Å². The first-order chi connectivity index (χ1) is 8.63. The minimum Gasteiger partial charge on any atom is -0.374 e. The fourth-order valence-electron chi connectivity index (χ4n) is 2.77. The fraction of sp³-hybridized carbons (Fsp3) is 0.500. The molecule has 3 rings (SSSR count). The molecule has 1 aromatic carbocycles. The van der Waals surface area contributed by atoms with Gasteiger partial charge in [-0.3, -0.25) is 10.1 Å². The lowest BCUT2D eigenvalue weighted by molar-refractivity contribution is -0.384. The van der Waals surface area contributed by atoms with Gasteiger partial charge in [0.05, 0.1) is 23.2 Å². The molecule has 0 aromatic heterocycles. The molecule has 0 spiro atoms. The Morgan fingerprint density at radius 3 is 2.89 bits per heavy atom. The van der Waals surface area contributed by atoms with Crippen LogP contribution in [0, 0.1) is 10.1 Å². The van der Waals surface area contributed by atoms with E-state index in [9.17, 15) is 10.1 Å². The maximum Gasteiger partial charge on any atom is 0.293 e. The van der Waals surface area contributed by atoms with E-state index in [-0.39, 0.29) is 17.8 Å². The SMILES string of the molecule is O=[N+]([O-])c1cc(Cl)ccc1NC1CC2CCC1O2. The Morgan fingerprint density at radius 1 is 1.44 bits per heavy atom. The molecule has 2 heterocycles. The summed E-state index contributed by atoms with van der Waals surface area (Å²) in [6.07, 6.45) is 3.56. The summed E-state index contributed by atoms with van der Waals surface area (Å²) in [5, 5.41) is 14.6. The topological polar surface area (TPSA) is 64.4 Å². The van der Waals surface area contributed by atoms with Gasteiger partial charge in [0.1, 0.15) is 5.69 Å². The molecule has 5 nitrogen and oxygen atoms in total. The van der Waals surface area contributed by atoms with Gasteiger partial charge in [0.15, 0.2) is 0 Å². The summed E-state index contributed by atoms with van der Waals surface area (Å²) in [4.78, 5) is 10.6. The van der Waals surface area contributed by atoms with Crippen LogP contribution in [0.25, 0.3) is 0 Å². The highest BCUT2D eigenvalue weighted by atomic mass is 35.5. The average Bonchev–Trinajstić information content (AvgIpc) is 2.93. The Balaban J connectivity index is 1.82. The summed E-state index contributed by atoms with van der Waals surface area (Å²) in [6.45, 7) is 0. The second-order valence-electron chi connectivity index (χ2n) is 4.78. The van der Waals surface area contributed by atoms with Crippen LogP contribution in [0.2, 0.25) is 5.02 Å². The smallest absolute Gasteiger partial charge is 0.293 e. The Hall–Kier alpha value is -1.33. The van der Waals surface area contributed by atoms with E-state index in [0.717, 1.165) is 19.3 Å². The van der Waals surface area contributed by atoms with Gasteiger partial charge in [0.25, 0.3) is 5.69 Å². The van der Waals surface area contributed by atoms with Crippen molar-refractivity contribution < 1.29 is 9.66 Å². The van der Waals surface area contributed by atoms with Crippen LogP contribution in [-0.4, -0.2) is 23.2 Å². The highest BCUT2D eigenvalue weighted by Crippen LogP contribution is 2.37. The molecule has 2 fully saturated rings. The zero-order chi connectivity index (χ0) is 12.7. The Kier molecular flexibility index (Phi) is 2.87. The van der Waals surface area contributed by atoms with Crippen LogP contribution in [0.15, 0.2) is 18.2 Å². The standard InChI is InChI=1S/C12H13ClN2O3/c13-7-1-3-9(11(5-7)15(16)17)14-10-6-8-2-4-12(10)18-8/h1,3,5,8,10,12,14H,2,4,6H2. The normalized spacial score (nSPS) is 29.5. The first kappa shape index (κ1) is 11.7. The zero-order valence-corrected chi connectivity index (χ0v) is 10.4. The van der Waals surface area contributed by atoms with Crippen molar-refractivity contribution in [1.29, 1.82) is 0 Å². The molecular formula is C12H13ClN2O3. The Labute approximate surface area is 109 Å². The first-order valence-electron chi connectivity index (χ1n) is 5.99. The second kappa shape index (κ2) is 4.40. The highest BCUT2D eigenvalue weighted by Gasteiger charge is 2.41. The van der Waals surface area contributed by atoms with Crippen LogP contribution in [0.5, 0.6) is 0 Å². The molecule has 2 saturated heterocycles. The third kappa shape index (κ3) is 2.04. The number of nitrogens with one attached hydrogen (secondary N) is 1. The van der Waals surface area contributed by atoms with Crippen molar-refractivity contribution in [2.24, 2.45) is 0 Å². The number of nitrogens with zero attached hydrogens (tertiary/aromatic N) is 1. The maximum absolute atomic E-state index is 11.0. The molecule has 2 aliphatic rings. The summed E-state index contributed by atoms with van der Waals surface area (Å²) >= 11 is 5.78. The maximum atomic E-state index is 11.0. The van der Waals surface area contributed by atoms with E-state index in [0.29, 0.717) is 16.8 Å². The molecule has 2 aliphatic heterocycles. The molecule has 3 unspecified atom stereocenters. The van der Waals surface area contributed by atoms with Crippen LogP contribution in [0.4, 0.5) is 11.4 Å². The van der Waals surface area contributed by atoms with Gasteiger partial charge >= 0.3 is 0 Å². The molecule has 0 radical (unpaired) electrons. The lowest BCUT2D eigenvalue weighted by Crippen LogP contribution is -2.30. The number of nitro benzene ring substituents is 1. The quantitative estimate of drug-likeness (QED) is 0.676. The van der Waals surface area contributed by atoms with E-state index < -0.39 is 4.92 Å². The largest absolute Gasteiger partial charge is 0.374 e. The number of halogens is 1. The van der Waals surface area contributed by atoms with Crippen LogP contribution < -0.4 is 5.32 Å².